The molecule has 2 saturated carbocycles. The number of nitrogens with zero attached hydrogens (tertiary/aromatic N) is 1. The molecule has 0 atom stereocenters. The van der Waals surface area contributed by atoms with Crippen molar-refractivity contribution in [3.8, 4) is 0 Å². The molecule has 0 spiro atoms. The highest BCUT2D eigenvalue weighted by Crippen LogP contribution is 2.48. The fourth-order valence-corrected chi connectivity index (χ4v) is 3.03. The molecule has 0 aromatic carbocycles. The second-order valence-corrected chi connectivity index (χ2v) is 6.48. The molecular formula is C16H32IN3O. The number of ether oxygens (including phenoxy) is 1. The van der Waals surface area contributed by atoms with Gasteiger partial charge in [0.25, 0.3) is 0 Å². The van der Waals surface area contributed by atoms with Crippen molar-refractivity contribution in [2.45, 2.75) is 70.8 Å². The molecule has 0 unspecified atom stereocenters. The van der Waals surface area contributed by atoms with Gasteiger partial charge in [0, 0.05) is 25.8 Å². The van der Waals surface area contributed by atoms with E-state index in [1.54, 1.807) is 0 Å². The molecule has 2 fully saturated rings. The summed E-state index contributed by atoms with van der Waals surface area (Å²) < 4.78 is 5.46. The van der Waals surface area contributed by atoms with E-state index in [0.29, 0.717) is 17.4 Å². The van der Waals surface area contributed by atoms with Crippen molar-refractivity contribution >= 4 is 29.9 Å². The van der Waals surface area contributed by atoms with Gasteiger partial charge in [-0.15, -0.1) is 24.0 Å². The molecule has 4 nitrogen and oxygen atoms in total. The molecule has 2 rings (SSSR count). The quantitative estimate of drug-likeness (QED) is 0.223. The van der Waals surface area contributed by atoms with E-state index in [1.807, 2.05) is 6.92 Å². The Balaban J connectivity index is 0.00000220. The lowest BCUT2D eigenvalue weighted by Gasteiger charge is -2.18. The summed E-state index contributed by atoms with van der Waals surface area (Å²) in [6, 6.07) is 0.542. The Labute approximate surface area is 146 Å². The van der Waals surface area contributed by atoms with Gasteiger partial charge in [0.15, 0.2) is 5.96 Å². The van der Waals surface area contributed by atoms with E-state index in [0.717, 1.165) is 26.2 Å². The summed E-state index contributed by atoms with van der Waals surface area (Å²) in [7, 11) is 0. The number of hydrogen-bond donors (Lipinski definition) is 2. The van der Waals surface area contributed by atoms with E-state index in [2.05, 4.69) is 10.3 Å². The lowest BCUT2D eigenvalue weighted by atomic mass is 10.0. The Hall–Kier alpha value is -0.0400. The van der Waals surface area contributed by atoms with Gasteiger partial charge in [-0.05, 0) is 44.4 Å². The third kappa shape index (κ3) is 7.17. The second kappa shape index (κ2) is 9.87. The van der Waals surface area contributed by atoms with E-state index in [4.69, 9.17) is 10.5 Å². The van der Waals surface area contributed by atoms with Crippen molar-refractivity contribution in [1.82, 2.24) is 5.32 Å². The summed E-state index contributed by atoms with van der Waals surface area (Å²) in [6.45, 7) is 4.59. The number of rotatable bonds is 7. The normalized spacial score (nSPS) is 22.2. The van der Waals surface area contributed by atoms with Crippen LogP contribution in [0.3, 0.4) is 0 Å². The fourth-order valence-electron chi connectivity index (χ4n) is 3.03. The van der Waals surface area contributed by atoms with E-state index >= 15 is 0 Å². The molecule has 0 aromatic rings. The number of aliphatic imine (C=N–C) groups is 1. The highest BCUT2D eigenvalue weighted by molar-refractivity contribution is 14.0. The van der Waals surface area contributed by atoms with Crippen LogP contribution < -0.4 is 11.1 Å². The summed E-state index contributed by atoms with van der Waals surface area (Å²) in [5.41, 5.74) is 6.45. The van der Waals surface area contributed by atoms with Crippen LogP contribution in [0.15, 0.2) is 4.99 Å². The molecule has 0 bridgehead atoms. The molecule has 0 radical (unpaired) electrons. The van der Waals surface area contributed by atoms with Crippen LogP contribution in [0.5, 0.6) is 0 Å². The number of nitrogens with one attached hydrogen (secondary N) is 1. The number of nitrogens with two attached hydrogens (primary N) is 1. The minimum Gasteiger partial charge on any atom is -0.382 e. The Morgan fingerprint density at radius 2 is 1.90 bits per heavy atom. The highest BCUT2D eigenvalue weighted by atomic mass is 127. The monoisotopic (exact) mass is 409 g/mol. The van der Waals surface area contributed by atoms with Gasteiger partial charge < -0.3 is 15.8 Å². The fraction of sp³-hybridized carbons (Fsp3) is 0.938. The Morgan fingerprint density at radius 3 is 2.48 bits per heavy atom. The molecule has 124 valence electrons. The van der Waals surface area contributed by atoms with Crippen molar-refractivity contribution in [3.63, 3.8) is 0 Å². The van der Waals surface area contributed by atoms with Gasteiger partial charge >= 0.3 is 0 Å². The molecule has 21 heavy (non-hydrogen) atoms. The van der Waals surface area contributed by atoms with Crippen LogP contribution >= 0.6 is 24.0 Å². The standard InChI is InChI=1S/C16H31N3O.HI/c1-2-20-12-11-16(9-10-16)13-18-15(17)19-14-7-5-3-4-6-8-14;/h14H,2-13H2,1H3,(H3,17,18,19);1H. The van der Waals surface area contributed by atoms with E-state index in [-0.39, 0.29) is 24.0 Å². The predicted molar refractivity (Wildman–Crippen MR) is 99.3 cm³/mol. The maximum Gasteiger partial charge on any atom is 0.188 e. The average molecular weight is 409 g/mol. The SMILES string of the molecule is CCOCCC1(CN=C(N)NC2CCCCCC2)CC1.I. The smallest absolute Gasteiger partial charge is 0.188 e. The van der Waals surface area contributed by atoms with Crippen LogP contribution in [0, 0.1) is 5.41 Å². The second-order valence-electron chi connectivity index (χ2n) is 6.48. The largest absolute Gasteiger partial charge is 0.382 e. The summed E-state index contributed by atoms with van der Waals surface area (Å²) >= 11 is 0. The number of hydrogen-bond acceptors (Lipinski definition) is 2. The lowest BCUT2D eigenvalue weighted by molar-refractivity contribution is 0.129. The topological polar surface area (TPSA) is 59.6 Å². The lowest BCUT2D eigenvalue weighted by Crippen LogP contribution is -2.40. The van der Waals surface area contributed by atoms with Gasteiger partial charge in [-0.3, -0.25) is 4.99 Å². The summed E-state index contributed by atoms with van der Waals surface area (Å²) in [4.78, 5) is 4.59. The van der Waals surface area contributed by atoms with Crippen LogP contribution in [0.1, 0.15) is 64.7 Å². The summed E-state index contributed by atoms with van der Waals surface area (Å²) in [5.74, 6) is 0.652. The highest BCUT2D eigenvalue weighted by Gasteiger charge is 2.41. The zero-order valence-corrected chi connectivity index (χ0v) is 15.7. The molecule has 0 heterocycles. The van der Waals surface area contributed by atoms with Gasteiger partial charge in [0.2, 0.25) is 0 Å². The minimum atomic E-state index is 0. The molecule has 2 aliphatic carbocycles. The van der Waals surface area contributed by atoms with Crippen LogP contribution in [-0.4, -0.2) is 31.8 Å². The third-order valence-corrected chi connectivity index (χ3v) is 4.73. The van der Waals surface area contributed by atoms with Crippen LogP contribution in [0.2, 0.25) is 0 Å². The van der Waals surface area contributed by atoms with Crippen LogP contribution in [0.4, 0.5) is 0 Å². The Bertz CT molecular complexity index is 311. The van der Waals surface area contributed by atoms with E-state index < -0.39 is 0 Å². The number of halogens is 1. The molecule has 2 aliphatic rings. The number of guanidine groups is 1. The van der Waals surface area contributed by atoms with Crippen molar-refractivity contribution < 1.29 is 4.74 Å². The molecule has 0 saturated heterocycles. The maximum atomic E-state index is 6.05. The first kappa shape index (κ1) is 19.0. The molecule has 3 N–H and O–H groups in total. The third-order valence-electron chi connectivity index (χ3n) is 4.73. The minimum absolute atomic E-state index is 0. The van der Waals surface area contributed by atoms with Crippen molar-refractivity contribution in [1.29, 1.82) is 0 Å². The zero-order chi connectivity index (χ0) is 14.3. The molecule has 0 amide bonds. The van der Waals surface area contributed by atoms with Gasteiger partial charge in [-0.1, -0.05) is 25.7 Å². The molecule has 0 aromatic heterocycles. The van der Waals surface area contributed by atoms with Crippen LogP contribution in [0.25, 0.3) is 0 Å². The first-order chi connectivity index (χ1) is 9.74. The molecular weight excluding hydrogens is 377 g/mol. The van der Waals surface area contributed by atoms with Gasteiger partial charge in [0.1, 0.15) is 0 Å². The van der Waals surface area contributed by atoms with Gasteiger partial charge in [-0.2, -0.15) is 0 Å². The Kier molecular flexibility index (Phi) is 8.94. The Morgan fingerprint density at radius 1 is 1.24 bits per heavy atom. The first-order valence-corrected chi connectivity index (χ1v) is 8.38. The predicted octanol–water partition coefficient (Wildman–Crippen LogP) is 3.44. The molecule has 5 heteroatoms. The zero-order valence-electron chi connectivity index (χ0n) is 13.4. The van der Waals surface area contributed by atoms with Crippen LogP contribution in [-0.2, 0) is 4.74 Å². The van der Waals surface area contributed by atoms with Crippen molar-refractivity contribution in [2.75, 3.05) is 19.8 Å². The first-order valence-electron chi connectivity index (χ1n) is 8.38. The van der Waals surface area contributed by atoms with Crippen molar-refractivity contribution in [2.24, 2.45) is 16.1 Å². The van der Waals surface area contributed by atoms with Gasteiger partial charge in [-0.25, -0.2) is 0 Å². The van der Waals surface area contributed by atoms with Crippen molar-refractivity contribution in [3.05, 3.63) is 0 Å². The average Bonchev–Trinajstić information content (AvgIpc) is 3.23. The van der Waals surface area contributed by atoms with Gasteiger partial charge in [0.05, 0.1) is 0 Å². The summed E-state index contributed by atoms with van der Waals surface area (Å²) in [6.07, 6.45) is 11.6. The molecule has 0 aliphatic heterocycles. The maximum absolute atomic E-state index is 6.05. The van der Waals surface area contributed by atoms with E-state index in [1.165, 1.54) is 51.4 Å². The summed E-state index contributed by atoms with van der Waals surface area (Å²) in [5, 5.41) is 3.42. The van der Waals surface area contributed by atoms with E-state index in [9.17, 15) is 0 Å².